The molecule has 0 aromatic carbocycles. The molecule has 7 heavy (non-hydrogen) atoms. The lowest BCUT2D eigenvalue weighted by atomic mass is 10.8. The van der Waals surface area contributed by atoms with Gasteiger partial charge in [-0.05, 0) is 0 Å². The van der Waals surface area contributed by atoms with Crippen molar-refractivity contribution in [2.75, 3.05) is 0 Å². The van der Waals surface area contributed by atoms with Crippen molar-refractivity contribution in [3.05, 3.63) is 24.2 Å². The highest BCUT2D eigenvalue weighted by Gasteiger charge is 1.75. The summed E-state index contributed by atoms with van der Waals surface area (Å²) in [6, 6.07) is 0. The molecule has 0 saturated heterocycles. The van der Waals surface area contributed by atoms with Gasteiger partial charge in [-0.3, -0.25) is 4.98 Å². The summed E-state index contributed by atoms with van der Waals surface area (Å²) < 4.78 is 4.64. The molecular formula is C4H5N2O+. The summed E-state index contributed by atoms with van der Waals surface area (Å²) in [5.41, 5.74) is 0.336. The molecule has 0 unspecified atom stereocenters. The number of nitrogens with two attached hydrogens (primary N) is 1. The third-order valence-corrected chi connectivity index (χ3v) is 0.553. The summed E-state index contributed by atoms with van der Waals surface area (Å²) in [5, 5.41) is 5.13. The fourth-order valence-electron chi connectivity index (χ4n) is 0.291. The van der Waals surface area contributed by atoms with Crippen molar-refractivity contribution in [2.45, 2.75) is 0 Å². The molecule has 0 bridgehead atoms. The maximum atomic E-state index is 5.13. The molecule has 0 atom stereocenters. The Labute approximate surface area is 40.1 Å². The fourth-order valence-corrected chi connectivity index (χ4v) is 0.291. The van der Waals surface area contributed by atoms with Crippen molar-refractivity contribution in [1.82, 2.24) is 4.98 Å². The van der Waals surface area contributed by atoms with Crippen molar-refractivity contribution in [3.63, 3.8) is 0 Å². The highest BCUT2D eigenvalue weighted by Crippen LogP contribution is 1.63. The first-order chi connectivity index (χ1) is 3.39. The quantitative estimate of drug-likeness (QED) is 0.421. The zero-order chi connectivity index (χ0) is 5.11. The predicted molar refractivity (Wildman–Crippen MR) is 21.6 cm³/mol. The molecule has 36 valence electrons. The van der Waals surface area contributed by atoms with E-state index in [0.717, 1.165) is 0 Å². The molecule has 3 nitrogen and oxygen atoms in total. The second kappa shape index (κ2) is 1.55. The minimum absolute atomic E-state index is 0.336. The van der Waals surface area contributed by atoms with Gasteiger partial charge in [-0.2, -0.15) is 0 Å². The maximum Gasteiger partial charge on any atom is 0.382 e. The summed E-state index contributed by atoms with van der Waals surface area (Å²) >= 11 is 0. The Balaban J connectivity index is 3.28. The highest BCUT2D eigenvalue weighted by atomic mass is 16.3. The molecule has 0 amide bonds. The van der Waals surface area contributed by atoms with Crippen LogP contribution in [0.25, 0.3) is 0 Å². The summed E-state index contributed by atoms with van der Waals surface area (Å²) in [7, 11) is 0. The fraction of sp³-hybridized carbons (Fsp3) is 0. The first-order valence-electron chi connectivity index (χ1n) is 1.87. The van der Waals surface area contributed by atoms with Crippen LogP contribution in [0.5, 0.6) is 0 Å². The van der Waals surface area contributed by atoms with Crippen LogP contribution in [-0.2, 0) is 0 Å². The summed E-state index contributed by atoms with van der Waals surface area (Å²) in [5.74, 6) is 0. The predicted octanol–water partition coefficient (Wildman–Crippen LogP) is -1.67. The van der Waals surface area contributed by atoms with Crippen LogP contribution in [0.3, 0.4) is 0 Å². The second-order valence-corrected chi connectivity index (χ2v) is 1.08. The van der Waals surface area contributed by atoms with Gasteiger partial charge in [0.25, 0.3) is 0 Å². The lowest BCUT2D eigenvalue weighted by Crippen LogP contribution is -2.44. The van der Waals surface area contributed by atoms with Gasteiger partial charge in [0.1, 0.15) is 12.5 Å². The van der Waals surface area contributed by atoms with Gasteiger partial charge in [0.2, 0.25) is 0 Å². The van der Waals surface area contributed by atoms with Gasteiger partial charge in [0.05, 0.1) is 6.20 Å². The van der Waals surface area contributed by atoms with Crippen molar-refractivity contribution >= 4 is 0 Å². The number of hydrogen-bond acceptors (Lipinski definition) is 2. The first-order valence-corrected chi connectivity index (χ1v) is 1.87. The number of rotatable bonds is 0. The van der Waals surface area contributed by atoms with E-state index in [1.165, 1.54) is 18.7 Å². The molecule has 1 heterocycles. The summed E-state index contributed by atoms with van der Waals surface area (Å²) in [6.07, 6.45) is 4.39. The summed E-state index contributed by atoms with van der Waals surface area (Å²) in [6.45, 7) is 0. The molecule has 2 N–H and O–H groups in total. The Kier molecular flexibility index (Phi) is 0.898. The topological polar surface area (TPSA) is 51.6 Å². The van der Waals surface area contributed by atoms with Crippen molar-refractivity contribution in [3.8, 4) is 0 Å². The molecule has 0 spiro atoms. The zero-order valence-corrected chi connectivity index (χ0v) is 3.66. The van der Waals surface area contributed by atoms with Gasteiger partial charge in [0, 0.05) is 0 Å². The number of nitrogens with zero attached hydrogens (tertiary/aromatic N) is 1. The molecule has 0 radical (unpaired) electrons. The monoisotopic (exact) mass is 97.0 g/mol. The Morgan fingerprint density at radius 2 is 2.57 bits per heavy atom. The van der Waals surface area contributed by atoms with Gasteiger partial charge in [-0.1, -0.05) is 0 Å². The lowest BCUT2D eigenvalue weighted by Gasteiger charge is -1.70. The Bertz CT molecular complexity index is 175. The molecule has 3 heteroatoms. The van der Waals surface area contributed by atoms with E-state index in [4.69, 9.17) is 5.41 Å². The van der Waals surface area contributed by atoms with Crippen LogP contribution in [-0.4, -0.2) is 4.98 Å². The molecular weight excluding hydrogens is 92.1 g/mol. The lowest BCUT2D eigenvalue weighted by molar-refractivity contribution is -0.199. The van der Waals surface area contributed by atoms with E-state index < -0.39 is 0 Å². The number of aromatic nitrogens is 1. The van der Waals surface area contributed by atoms with Gasteiger partial charge in [-0.15, -0.1) is 0 Å². The zero-order valence-electron chi connectivity index (χ0n) is 3.66. The molecule has 0 aliphatic rings. The second-order valence-electron chi connectivity index (χ2n) is 1.08. The third-order valence-electron chi connectivity index (χ3n) is 0.553. The molecule has 0 saturated carbocycles. The molecule has 1 aromatic heterocycles. The van der Waals surface area contributed by atoms with Crippen LogP contribution in [0.2, 0.25) is 0 Å². The molecule has 0 aliphatic carbocycles. The molecule has 0 aliphatic heterocycles. The molecule has 0 fully saturated rings. The van der Waals surface area contributed by atoms with E-state index in [9.17, 15) is 0 Å². The average molecular weight is 97.1 g/mol. The van der Waals surface area contributed by atoms with E-state index in [0.29, 0.717) is 5.55 Å². The van der Waals surface area contributed by atoms with Crippen molar-refractivity contribution in [2.24, 2.45) is 0 Å². The van der Waals surface area contributed by atoms with Crippen molar-refractivity contribution < 1.29 is 9.83 Å². The molecule has 1 rings (SSSR count). The van der Waals surface area contributed by atoms with E-state index in [2.05, 4.69) is 9.40 Å². The van der Waals surface area contributed by atoms with Gasteiger partial charge in [0.15, 0.2) is 0 Å². The first kappa shape index (κ1) is 4.05. The minimum atomic E-state index is 0.336. The van der Waals surface area contributed by atoms with Crippen LogP contribution < -0.4 is 11.0 Å². The van der Waals surface area contributed by atoms with Crippen molar-refractivity contribution in [1.29, 1.82) is 0 Å². The normalized spacial score (nSPS) is 8.57. The van der Waals surface area contributed by atoms with E-state index in [1.807, 2.05) is 0 Å². The Morgan fingerprint density at radius 3 is 2.86 bits per heavy atom. The van der Waals surface area contributed by atoms with Crippen LogP contribution >= 0.6 is 0 Å². The highest BCUT2D eigenvalue weighted by molar-refractivity contribution is 4.62. The Hall–Kier alpha value is -1.12. The van der Waals surface area contributed by atoms with Gasteiger partial charge < -0.3 is 4.42 Å². The van der Waals surface area contributed by atoms with Crippen LogP contribution in [0.1, 0.15) is 0 Å². The van der Waals surface area contributed by atoms with Gasteiger partial charge in [-0.25, -0.2) is 5.41 Å². The molecule has 1 aromatic rings. The third kappa shape index (κ3) is 0.855. The number of hydrogen-bond donors (Lipinski definition) is 1. The summed E-state index contributed by atoms with van der Waals surface area (Å²) in [4.78, 5) is 3.67. The van der Waals surface area contributed by atoms with Crippen LogP contribution in [0.4, 0.5) is 0 Å². The SMILES string of the molecule is [NH2+]=c1cncco1. The van der Waals surface area contributed by atoms with E-state index in [-0.39, 0.29) is 0 Å². The van der Waals surface area contributed by atoms with E-state index in [1.54, 1.807) is 0 Å². The minimum Gasteiger partial charge on any atom is -0.411 e. The van der Waals surface area contributed by atoms with Crippen LogP contribution in [0.15, 0.2) is 23.1 Å². The smallest absolute Gasteiger partial charge is 0.382 e. The maximum absolute atomic E-state index is 5.13. The standard InChI is InChI=1S/C4H4N2O/c5-4-3-6-1-2-7-4/h1-3,5H/p+1. The average Bonchev–Trinajstić information content (AvgIpc) is 1.69. The van der Waals surface area contributed by atoms with E-state index >= 15 is 0 Å². The largest absolute Gasteiger partial charge is 0.411 e. The Morgan fingerprint density at radius 1 is 1.71 bits per heavy atom. The van der Waals surface area contributed by atoms with Gasteiger partial charge >= 0.3 is 5.55 Å². The van der Waals surface area contributed by atoms with Crippen LogP contribution in [0, 0.1) is 0 Å².